The normalized spacial score (nSPS) is 32.4. The van der Waals surface area contributed by atoms with Gasteiger partial charge in [0.2, 0.25) is 0 Å². The number of hydrogen-bond acceptors (Lipinski definition) is 7. The highest BCUT2D eigenvalue weighted by molar-refractivity contribution is 5.11. The summed E-state index contributed by atoms with van der Waals surface area (Å²) < 4.78 is 11.9. The van der Waals surface area contributed by atoms with E-state index in [0.29, 0.717) is 11.8 Å². The zero-order valence-corrected chi connectivity index (χ0v) is 22.2. The second kappa shape index (κ2) is 14.7. The van der Waals surface area contributed by atoms with E-state index in [9.17, 15) is 25.5 Å². The molecule has 1 aliphatic heterocycles. The highest BCUT2D eigenvalue weighted by Crippen LogP contribution is 2.32. The first-order valence-electron chi connectivity index (χ1n) is 12.8. The van der Waals surface area contributed by atoms with Crippen molar-refractivity contribution in [3.05, 3.63) is 24.3 Å². The maximum atomic E-state index is 10.6. The summed E-state index contributed by atoms with van der Waals surface area (Å²) >= 11 is 0. The predicted molar refractivity (Wildman–Crippen MR) is 134 cm³/mol. The van der Waals surface area contributed by atoms with Gasteiger partial charge in [0.05, 0.1) is 18.8 Å². The van der Waals surface area contributed by atoms with E-state index in [1.807, 2.05) is 26.8 Å². The summed E-state index contributed by atoms with van der Waals surface area (Å²) in [4.78, 5) is 0. The van der Waals surface area contributed by atoms with Gasteiger partial charge in [-0.1, -0.05) is 60.1 Å². The lowest BCUT2D eigenvalue weighted by Gasteiger charge is -2.42. The summed E-state index contributed by atoms with van der Waals surface area (Å²) in [6.07, 6.45) is -0.803. The molecule has 0 aromatic rings. The summed E-state index contributed by atoms with van der Waals surface area (Å²) in [7, 11) is 0. The van der Waals surface area contributed by atoms with E-state index in [2.05, 4.69) is 34.3 Å². The second-order valence-corrected chi connectivity index (χ2v) is 10.7. The molecule has 1 rings (SSSR count). The molecule has 200 valence electrons. The average molecular weight is 487 g/mol. The Bertz CT molecular complexity index is 622. The molecule has 0 aliphatic carbocycles. The molecule has 7 nitrogen and oxygen atoms in total. The van der Waals surface area contributed by atoms with Gasteiger partial charge in [0.15, 0.2) is 6.29 Å². The molecule has 0 bridgehead atoms. The maximum Gasteiger partial charge on any atom is 0.187 e. The van der Waals surface area contributed by atoms with Gasteiger partial charge in [-0.25, -0.2) is 0 Å². The summed E-state index contributed by atoms with van der Waals surface area (Å²) in [6.45, 7) is 17.8. The van der Waals surface area contributed by atoms with Gasteiger partial charge in [-0.2, -0.15) is 0 Å². The topological polar surface area (TPSA) is 120 Å². The third-order valence-electron chi connectivity index (χ3n) is 7.36. The summed E-state index contributed by atoms with van der Waals surface area (Å²) in [5.41, 5.74) is 0.808. The van der Waals surface area contributed by atoms with Gasteiger partial charge >= 0.3 is 0 Å². The smallest absolute Gasteiger partial charge is 0.187 e. The number of hydrogen-bond donors (Lipinski definition) is 5. The monoisotopic (exact) mass is 486 g/mol. The van der Waals surface area contributed by atoms with Crippen molar-refractivity contribution >= 4 is 0 Å². The molecule has 7 heteroatoms. The Balaban J connectivity index is 3.14. The minimum absolute atomic E-state index is 0.0828. The molecule has 12 atom stereocenters. The third kappa shape index (κ3) is 8.70. The fraction of sp³-hybridized carbons (Fsp3) is 0.852. The molecule has 1 aliphatic rings. The summed E-state index contributed by atoms with van der Waals surface area (Å²) in [5, 5.41) is 51.0. The van der Waals surface area contributed by atoms with E-state index in [1.54, 1.807) is 6.08 Å². The first-order chi connectivity index (χ1) is 15.9. The van der Waals surface area contributed by atoms with Crippen molar-refractivity contribution in [3.63, 3.8) is 0 Å². The van der Waals surface area contributed by atoms with Gasteiger partial charge in [-0.05, 0) is 43.1 Å². The lowest BCUT2D eigenvalue weighted by molar-refractivity contribution is -0.317. The lowest BCUT2D eigenvalue weighted by Crippen LogP contribution is -2.60. The van der Waals surface area contributed by atoms with Gasteiger partial charge < -0.3 is 35.0 Å². The lowest BCUT2D eigenvalue weighted by atomic mass is 9.82. The molecule has 0 saturated carbocycles. The van der Waals surface area contributed by atoms with E-state index < -0.39 is 43.4 Å². The molecule has 0 amide bonds. The second-order valence-electron chi connectivity index (χ2n) is 10.7. The van der Waals surface area contributed by atoms with Crippen LogP contribution in [-0.4, -0.2) is 75.1 Å². The molecular weight excluding hydrogens is 436 g/mol. The van der Waals surface area contributed by atoms with Crippen LogP contribution < -0.4 is 0 Å². The Morgan fingerprint density at radius 3 is 2.12 bits per heavy atom. The molecule has 0 spiro atoms. The molecule has 1 fully saturated rings. The van der Waals surface area contributed by atoms with Gasteiger partial charge in [0, 0.05) is 11.8 Å². The van der Waals surface area contributed by atoms with E-state index in [-0.39, 0.29) is 23.9 Å². The van der Waals surface area contributed by atoms with E-state index in [1.165, 1.54) is 0 Å². The van der Waals surface area contributed by atoms with Crippen molar-refractivity contribution in [1.82, 2.24) is 0 Å². The van der Waals surface area contributed by atoms with Crippen molar-refractivity contribution in [2.75, 3.05) is 6.61 Å². The third-order valence-corrected chi connectivity index (χ3v) is 7.36. The number of ether oxygens (including phenoxy) is 2. The van der Waals surface area contributed by atoms with Crippen LogP contribution in [0.25, 0.3) is 0 Å². The Morgan fingerprint density at radius 2 is 1.59 bits per heavy atom. The SMILES string of the molecule is C=CC(C)C(O)C(C)=CC(C)C(OC1OC(CO)C(O)C(O)C1O)C(C)CC(C)CC(C)CC. The Kier molecular flexibility index (Phi) is 13.5. The quantitative estimate of drug-likeness (QED) is 0.239. The van der Waals surface area contributed by atoms with Gasteiger partial charge in [0.25, 0.3) is 0 Å². The number of aliphatic hydroxyl groups excluding tert-OH is 5. The molecule has 1 heterocycles. The number of aliphatic hydroxyl groups is 5. The van der Waals surface area contributed by atoms with Crippen molar-refractivity contribution in [3.8, 4) is 0 Å². The number of rotatable bonds is 14. The Hall–Kier alpha value is -0.800. The molecule has 5 N–H and O–H groups in total. The molecule has 12 unspecified atom stereocenters. The van der Waals surface area contributed by atoms with Crippen molar-refractivity contribution < 1.29 is 35.0 Å². The first kappa shape index (κ1) is 31.2. The average Bonchev–Trinajstić information content (AvgIpc) is 2.80. The highest BCUT2D eigenvalue weighted by Gasteiger charge is 2.45. The minimum Gasteiger partial charge on any atom is -0.394 e. The van der Waals surface area contributed by atoms with Gasteiger partial charge in [-0.3, -0.25) is 0 Å². The predicted octanol–water partition coefficient (Wildman–Crippen LogP) is 3.04. The first-order valence-corrected chi connectivity index (χ1v) is 12.8. The van der Waals surface area contributed by atoms with Gasteiger partial charge in [0.1, 0.15) is 24.4 Å². The van der Waals surface area contributed by atoms with Crippen molar-refractivity contribution in [2.24, 2.45) is 29.6 Å². The Morgan fingerprint density at radius 1 is 0.971 bits per heavy atom. The van der Waals surface area contributed by atoms with Crippen molar-refractivity contribution in [2.45, 2.75) is 111 Å². The Labute approximate surface area is 206 Å². The summed E-state index contributed by atoms with van der Waals surface area (Å²) in [5.74, 6) is 0.946. The standard InChI is InChI=1S/C27H50O7/c1-9-15(3)11-16(4)12-19(7)26(20(8)13-18(6)22(29)17(5)10-2)34-27-25(32)24(31)23(30)21(14-28)33-27/h10,13,15-17,19-32H,2,9,11-12,14H2,1,3-8H3. The zero-order valence-electron chi connectivity index (χ0n) is 22.2. The van der Waals surface area contributed by atoms with Gasteiger partial charge in [-0.15, -0.1) is 6.58 Å². The van der Waals surface area contributed by atoms with Crippen LogP contribution in [0.2, 0.25) is 0 Å². The zero-order chi connectivity index (χ0) is 26.2. The molecule has 1 saturated heterocycles. The molecular formula is C27H50O7. The highest BCUT2D eigenvalue weighted by atomic mass is 16.7. The van der Waals surface area contributed by atoms with Crippen LogP contribution in [0.5, 0.6) is 0 Å². The van der Waals surface area contributed by atoms with E-state index in [0.717, 1.165) is 24.8 Å². The van der Waals surface area contributed by atoms with E-state index in [4.69, 9.17) is 9.47 Å². The van der Waals surface area contributed by atoms with Crippen LogP contribution in [0.3, 0.4) is 0 Å². The fourth-order valence-electron chi connectivity index (χ4n) is 4.98. The largest absolute Gasteiger partial charge is 0.394 e. The molecule has 34 heavy (non-hydrogen) atoms. The maximum absolute atomic E-state index is 10.6. The molecule has 0 aromatic heterocycles. The van der Waals surface area contributed by atoms with Crippen LogP contribution in [0.1, 0.15) is 67.7 Å². The fourth-order valence-corrected chi connectivity index (χ4v) is 4.98. The molecule has 0 radical (unpaired) electrons. The van der Waals surface area contributed by atoms with Crippen LogP contribution in [0.15, 0.2) is 24.3 Å². The van der Waals surface area contributed by atoms with E-state index >= 15 is 0 Å². The minimum atomic E-state index is -1.49. The molecule has 0 aromatic carbocycles. The summed E-state index contributed by atoms with van der Waals surface area (Å²) in [6, 6.07) is 0. The van der Waals surface area contributed by atoms with Crippen LogP contribution in [-0.2, 0) is 9.47 Å². The van der Waals surface area contributed by atoms with Crippen LogP contribution in [0.4, 0.5) is 0 Å². The van der Waals surface area contributed by atoms with Crippen LogP contribution >= 0.6 is 0 Å². The van der Waals surface area contributed by atoms with Crippen molar-refractivity contribution in [1.29, 1.82) is 0 Å². The van der Waals surface area contributed by atoms with Crippen LogP contribution in [0, 0.1) is 29.6 Å².